The summed E-state index contributed by atoms with van der Waals surface area (Å²) in [6.07, 6.45) is -1.92. The molecule has 0 aliphatic carbocycles. The Labute approximate surface area is 117 Å². The topological polar surface area (TPSA) is 99.6 Å². The minimum absolute atomic E-state index is 0.680. The predicted octanol–water partition coefficient (Wildman–Crippen LogP) is 0.512. The van der Waals surface area contributed by atoms with Gasteiger partial charge in [0.2, 0.25) is 0 Å². The molecule has 0 spiro atoms. The molecule has 118 valence electrons. The summed E-state index contributed by atoms with van der Waals surface area (Å²) in [4.78, 5) is 24.4. The summed E-state index contributed by atoms with van der Waals surface area (Å²) in [6, 6.07) is 0.967. The Hall–Kier alpha value is -1.35. The molecule has 1 saturated heterocycles. The van der Waals surface area contributed by atoms with E-state index >= 15 is 0 Å². The van der Waals surface area contributed by atoms with Crippen molar-refractivity contribution in [3.63, 3.8) is 0 Å². The Kier molecular flexibility index (Phi) is 4.72. The van der Waals surface area contributed by atoms with Crippen LogP contribution in [0.4, 0.5) is 8.78 Å². The maximum atomic E-state index is 14.5. The van der Waals surface area contributed by atoms with Crippen LogP contribution in [0.3, 0.4) is 0 Å². The molecule has 2 heterocycles. The number of aromatic nitrogens is 2. The van der Waals surface area contributed by atoms with Gasteiger partial charge in [-0.3, -0.25) is 18.9 Å². The SMILES string of the molecule is C[C@@H]1O[PH](=O)OC[C@@]1(F)O[C@H](CF)n1ccc(=O)[nH]c1=O. The van der Waals surface area contributed by atoms with Crippen molar-refractivity contribution in [2.75, 3.05) is 13.3 Å². The number of nitrogens with zero attached hydrogens (tertiary/aromatic N) is 1. The maximum absolute atomic E-state index is 14.5. The summed E-state index contributed by atoms with van der Waals surface area (Å²) in [5.41, 5.74) is -1.63. The first-order chi connectivity index (χ1) is 9.85. The second kappa shape index (κ2) is 6.18. The van der Waals surface area contributed by atoms with Crippen LogP contribution in [0.2, 0.25) is 0 Å². The van der Waals surface area contributed by atoms with E-state index in [1.165, 1.54) is 6.92 Å². The van der Waals surface area contributed by atoms with Crippen LogP contribution in [0.25, 0.3) is 0 Å². The molecule has 4 atom stereocenters. The second-order valence-electron chi connectivity index (χ2n) is 4.33. The molecule has 1 fully saturated rings. The van der Waals surface area contributed by atoms with Crippen LogP contribution < -0.4 is 11.2 Å². The molecule has 1 aliphatic rings. The third-order valence-electron chi connectivity index (χ3n) is 2.89. The Balaban J connectivity index is 2.24. The van der Waals surface area contributed by atoms with Gasteiger partial charge in [-0.25, -0.2) is 13.6 Å². The third kappa shape index (κ3) is 3.46. The number of rotatable bonds is 4. The molecule has 2 rings (SSSR count). The highest BCUT2D eigenvalue weighted by Gasteiger charge is 2.46. The van der Waals surface area contributed by atoms with Gasteiger partial charge in [-0.1, -0.05) is 0 Å². The zero-order valence-corrected chi connectivity index (χ0v) is 11.9. The Morgan fingerprint density at radius 2 is 2.38 bits per heavy atom. The van der Waals surface area contributed by atoms with Crippen molar-refractivity contribution >= 4 is 8.25 Å². The van der Waals surface area contributed by atoms with Gasteiger partial charge in [0, 0.05) is 12.3 Å². The van der Waals surface area contributed by atoms with Crippen molar-refractivity contribution in [1.29, 1.82) is 0 Å². The van der Waals surface area contributed by atoms with Crippen molar-refractivity contribution in [3.05, 3.63) is 33.1 Å². The standard InChI is InChI=1S/C10H13F2N2O6P/c1-6-10(12,5-18-21(17)20-6)19-8(4-11)14-3-2-7(15)13-9(14)16/h2-3,6,8,21H,4-5H2,1H3,(H,13,15,16)/t6-,8+,10+/m0/s1. The summed E-state index contributed by atoms with van der Waals surface area (Å²) >= 11 is 0. The molecule has 11 heteroatoms. The van der Waals surface area contributed by atoms with E-state index in [1.54, 1.807) is 0 Å². The van der Waals surface area contributed by atoms with Gasteiger partial charge in [0.05, 0.1) is 0 Å². The van der Waals surface area contributed by atoms with Crippen LogP contribution in [0.5, 0.6) is 0 Å². The van der Waals surface area contributed by atoms with Crippen molar-refractivity contribution < 1.29 is 27.1 Å². The number of H-pyrrole nitrogens is 1. The van der Waals surface area contributed by atoms with Crippen molar-refractivity contribution in [2.24, 2.45) is 0 Å². The van der Waals surface area contributed by atoms with Crippen molar-refractivity contribution in [2.45, 2.75) is 25.1 Å². The van der Waals surface area contributed by atoms with Gasteiger partial charge in [-0.05, 0) is 6.92 Å². The smallest absolute Gasteiger partial charge is 0.315 e. The minimum Gasteiger partial charge on any atom is -0.315 e. The first-order valence-electron chi connectivity index (χ1n) is 5.93. The number of ether oxygens (including phenoxy) is 1. The molecule has 1 unspecified atom stereocenters. The zero-order valence-electron chi connectivity index (χ0n) is 10.9. The largest absolute Gasteiger partial charge is 0.330 e. The van der Waals surface area contributed by atoms with Gasteiger partial charge in [-0.2, -0.15) is 0 Å². The van der Waals surface area contributed by atoms with E-state index in [0.717, 1.165) is 12.3 Å². The van der Waals surface area contributed by atoms with E-state index in [9.17, 15) is 22.9 Å². The summed E-state index contributed by atoms with van der Waals surface area (Å²) in [5.74, 6) is -2.58. The number of halogens is 2. The van der Waals surface area contributed by atoms with Gasteiger partial charge in [0.15, 0.2) is 6.23 Å². The van der Waals surface area contributed by atoms with E-state index in [0.29, 0.717) is 4.57 Å². The van der Waals surface area contributed by atoms with Gasteiger partial charge in [-0.15, -0.1) is 0 Å². The second-order valence-corrected chi connectivity index (χ2v) is 5.35. The van der Waals surface area contributed by atoms with Crippen LogP contribution in [-0.2, 0) is 18.3 Å². The number of hydrogen-bond donors (Lipinski definition) is 1. The maximum Gasteiger partial charge on any atom is 0.330 e. The molecular weight excluding hydrogens is 313 g/mol. The van der Waals surface area contributed by atoms with Crippen LogP contribution in [-0.4, -0.2) is 34.8 Å². The van der Waals surface area contributed by atoms with Crippen LogP contribution >= 0.6 is 8.25 Å². The van der Waals surface area contributed by atoms with Crippen LogP contribution in [0, 0.1) is 0 Å². The highest BCUT2D eigenvalue weighted by atomic mass is 31.1. The third-order valence-corrected chi connectivity index (χ3v) is 3.82. The molecule has 21 heavy (non-hydrogen) atoms. The fraction of sp³-hybridized carbons (Fsp3) is 0.600. The average Bonchev–Trinajstić information content (AvgIpc) is 2.42. The molecular formula is C10H13F2N2O6P. The molecule has 1 aromatic heterocycles. The predicted molar refractivity (Wildman–Crippen MR) is 66.8 cm³/mol. The fourth-order valence-electron chi connectivity index (χ4n) is 1.71. The van der Waals surface area contributed by atoms with Gasteiger partial charge >= 0.3 is 13.9 Å². The monoisotopic (exact) mass is 326 g/mol. The van der Waals surface area contributed by atoms with E-state index < -0.39 is 51.0 Å². The zero-order chi connectivity index (χ0) is 15.6. The number of hydrogen-bond acceptors (Lipinski definition) is 6. The first kappa shape index (κ1) is 16.0. The minimum atomic E-state index is -2.81. The Morgan fingerprint density at radius 1 is 1.67 bits per heavy atom. The number of nitrogens with one attached hydrogen (secondary N) is 1. The lowest BCUT2D eigenvalue weighted by atomic mass is 10.2. The lowest BCUT2D eigenvalue weighted by Gasteiger charge is -2.36. The first-order valence-corrected chi connectivity index (χ1v) is 7.16. The summed E-state index contributed by atoms with van der Waals surface area (Å²) < 4.78 is 53.5. The quantitative estimate of drug-likeness (QED) is 0.810. The fourth-order valence-corrected chi connectivity index (χ4v) is 2.56. The molecule has 1 N–H and O–H groups in total. The highest BCUT2D eigenvalue weighted by molar-refractivity contribution is 7.33. The lowest BCUT2D eigenvalue weighted by Crippen LogP contribution is -2.49. The van der Waals surface area contributed by atoms with Gasteiger partial charge in [0.25, 0.3) is 11.4 Å². The Morgan fingerprint density at radius 3 is 2.95 bits per heavy atom. The van der Waals surface area contributed by atoms with E-state index in [2.05, 4.69) is 9.05 Å². The molecule has 1 aliphatic heterocycles. The molecule has 0 bridgehead atoms. The summed E-state index contributed by atoms with van der Waals surface area (Å²) in [6.45, 7) is -0.712. The van der Waals surface area contributed by atoms with Crippen molar-refractivity contribution in [1.82, 2.24) is 9.55 Å². The summed E-state index contributed by atoms with van der Waals surface area (Å²) in [7, 11) is -2.81. The van der Waals surface area contributed by atoms with E-state index in [1.807, 2.05) is 4.98 Å². The highest BCUT2D eigenvalue weighted by Crippen LogP contribution is 2.41. The number of aromatic amines is 1. The molecule has 0 amide bonds. The molecule has 1 aromatic rings. The lowest BCUT2D eigenvalue weighted by molar-refractivity contribution is -0.267. The molecule has 0 saturated carbocycles. The van der Waals surface area contributed by atoms with E-state index in [4.69, 9.17) is 4.74 Å². The van der Waals surface area contributed by atoms with Crippen molar-refractivity contribution in [3.8, 4) is 0 Å². The average molecular weight is 326 g/mol. The van der Waals surface area contributed by atoms with Gasteiger partial charge in [0.1, 0.15) is 19.4 Å². The number of alkyl halides is 2. The van der Waals surface area contributed by atoms with Crippen LogP contribution in [0.15, 0.2) is 21.9 Å². The van der Waals surface area contributed by atoms with Crippen LogP contribution in [0.1, 0.15) is 13.2 Å². The normalized spacial score (nSPS) is 31.0. The molecule has 0 radical (unpaired) electrons. The van der Waals surface area contributed by atoms with Gasteiger partial charge < -0.3 is 13.8 Å². The molecule has 0 aromatic carbocycles. The Bertz CT molecular complexity index is 649. The molecule has 8 nitrogen and oxygen atoms in total. The summed E-state index contributed by atoms with van der Waals surface area (Å²) in [5, 5.41) is 0. The van der Waals surface area contributed by atoms with E-state index in [-0.39, 0.29) is 0 Å².